The summed E-state index contributed by atoms with van der Waals surface area (Å²) in [5, 5.41) is 13.3. The normalized spacial score (nSPS) is 24.7. The molecule has 2 nitrogen and oxygen atoms in total. The van der Waals surface area contributed by atoms with Crippen LogP contribution in [0.15, 0.2) is 24.3 Å². The number of hydrogen-bond acceptors (Lipinski definition) is 2. The van der Waals surface area contributed by atoms with Gasteiger partial charge in [0, 0.05) is 23.5 Å². The van der Waals surface area contributed by atoms with Crippen molar-refractivity contribution in [1.29, 1.82) is 5.26 Å². The second kappa shape index (κ2) is 6.93. The summed E-state index contributed by atoms with van der Waals surface area (Å²) in [6.45, 7) is 2.95. The van der Waals surface area contributed by atoms with Crippen molar-refractivity contribution in [2.24, 2.45) is 11.8 Å². The van der Waals surface area contributed by atoms with Gasteiger partial charge in [0.25, 0.3) is 0 Å². The summed E-state index contributed by atoms with van der Waals surface area (Å²) < 4.78 is 0. The van der Waals surface area contributed by atoms with E-state index in [1.54, 1.807) is 0 Å². The van der Waals surface area contributed by atoms with Crippen molar-refractivity contribution in [3.05, 3.63) is 34.9 Å². The lowest BCUT2D eigenvalue weighted by Crippen LogP contribution is -2.33. The van der Waals surface area contributed by atoms with Gasteiger partial charge in [-0.05, 0) is 56.2 Å². The first-order valence-corrected chi connectivity index (χ1v) is 7.44. The maximum atomic E-state index is 8.95. The molecule has 0 bridgehead atoms. The van der Waals surface area contributed by atoms with Crippen molar-refractivity contribution in [2.75, 3.05) is 0 Å². The van der Waals surface area contributed by atoms with Gasteiger partial charge in [-0.3, -0.25) is 0 Å². The lowest BCUT2D eigenvalue weighted by atomic mass is 9.79. The number of rotatable bonds is 4. The minimum absolute atomic E-state index is 0.206. The van der Waals surface area contributed by atoms with Crippen LogP contribution in [-0.2, 0) is 6.54 Å². The molecule has 19 heavy (non-hydrogen) atoms. The zero-order valence-corrected chi connectivity index (χ0v) is 12.2. The van der Waals surface area contributed by atoms with Crippen molar-refractivity contribution in [3.63, 3.8) is 0 Å². The van der Waals surface area contributed by atoms with E-state index < -0.39 is 0 Å². The quantitative estimate of drug-likeness (QED) is 0.897. The summed E-state index contributed by atoms with van der Waals surface area (Å²) in [6, 6.07) is 11.0. The van der Waals surface area contributed by atoms with Crippen molar-refractivity contribution in [2.45, 2.75) is 45.2 Å². The molecule has 0 amide bonds. The van der Waals surface area contributed by atoms with E-state index in [9.17, 15) is 0 Å². The first-order valence-electron chi connectivity index (χ1n) is 7.06. The summed E-state index contributed by atoms with van der Waals surface area (Å²) in [6.07, 6.45) is 4.72. The molecule has 0 heterocycles. The summed E-state index contributed by atoms with van der Waals surface area (Å²) in [5.74, 6) is 0.802. The van der Waals surface area contributed by atoms with Crippen LogP contribution in [0.25, 0.3) is 0 Å². The summed E-state index contributed by atoms with van der Waals surface area (Å²) >= 11 is 5.87. The number of nitrogens with one attached hydrogen (secondary N) is 1. The Morgan fingerprint density at radius 1 is 1.26 bits per heavy atom. The minimum Gasteiger partial charge on any atom is -0.310 e. The van der Waals surface area contributed by atoms with Crippen LogP contribution in [-0.4, -0.2) is 6.04 Å². The highest BCUT2D eigenvalue weighted by atomic mass is 35.5. The maximum Gasteiger partial charge on any atom is 0.0655 e. The molecule has 0 saturated heterocycles. The van der Waals surface area contributed by atoms with E-state index in [2.05, 4.69) is 23.5 Å². The Balaban J connectivity index is 1.74. The molecule has 1 aliphatic carbocycles. The number of benzene rings is 1. The summed E-state index contributed by atoms with van der Waals surface area (Å²) in [5.41, 5.74) is 1.27. The van der Waals surface area contributed by atoms with Crippen molar-refractivity contribution in [3.8, 4) is 6.07 Å². The first-order chi connectivity index (χ1) is 9.19. The lowest BCUT2D eigenvalue weighted by Gasteiger charge is -2.30. The second-order valence-electron chi connectivity index (χ2n) is 5.54. The van der Waals surface area contributed by atoms with Crippen molar-refractivity contribution < 1.29 is 0 Å². The highest BCUT2D eigenvalue weighted by molar-refractivity contribution is 6.30. The van der Waals surface area contributed by atoms with E-state index in [1.807, 2.05) is 19.1 Å². The van der Waals surface area contributed by atoms with Crippen molar-refractivity contribution in [1.82, 2.24) is 5.32 Å². The minimum atomic E-state index is 0.206. The summed E-state index contributed by atoms with van der Waals surface area (Å²) in [4.78, 5) is 0. The number of hydrogen-bond donors (Lipinski definition) is 1. The van der Waals surface area contributed by atoms with E-state index in [-0.39, 0.29) is 5.92 Å². The fourth-order valence-electron chi connectivity index (χ4n) is 2.79. The van der Waals surface area contributed by atoms with E-state index >= 15 is 0 Å². The molecular formula is C16H21ClN2. The Morgan fingerprint density at radius 3 is 2.47 bits per heavy atom. The van der Waals surface area contributed by atoms with Crippen LogP contribution in [0.2, 0.25) is 5.02 Å². The van der Waals surface area contributed by atoms with Gasteiger partial charge >= 0.3 is 0 Å². The van der Waals surface area contributed by atoms with Gasteiger partial charge in [-0.25, -0.2) is 0 Å². The topological polar surface area (TPSA) is 35.8 Å². The van der Waals surface area contributed by atoms with Gasteiger partial charge in [0.05, 0.1) is 6.07 Å². The molecule has 1 aliphatic rings. The molecule has 3 heteroatoms. The Morgan fingerprint density at radius 2 is 1.89 bits per heavy atom. The molecule has 1 saturated carbocycles. The molecule has 0 aliphatic heterocycles. The zero-order valence-electron chi connectivity index (χ0n) is 11.4. The van der Waals surface area contributed by atoms with Crippen LogP contribution in [0, 0.1) is 23.2 Å². The molecule has 1 atom stereocenters. The fourth-order valence-corrected chi connectivity index (χ4v) is 2.92. The molecule has 1 unspecified atom stereocenters. The van der Waals surface area contributed by atoms with Gasteiger partial charge < -0.3 is 5.32 Å². The molecule has 0 spiro atoms. The third-order valence-electron chi connectivity index (χ3n) is 4.19. The number of nitriles is 1. The average Bonchev–Trinajstić information content (AvgIpc) is 2.46. The predicted octanol–water partition coefficient (Wildman–Crippen LogP) is 4.15. The van der Waals surface area contributed by atoms with Crippen molar-refractivity contribution >= 4 is 11.6 Å². The van der Waals surface area contributed by atoms with E-state index in [0.29, 0.717) is 12.0 Å². The van der Waals surface area contributed by atoms with Gasteiger partial charge in [-0.1, -0.05) is 23.7 Å². The van der Waals surface area contributed by atoms with Gasteiger partial charge in [-0.2, -0.15) is 5.26 Å². The number of nitrogens with zero attached hydrogens (tertiary/aromatic N) is 1. The Hall–Kier alpha value is -1.04. The molecule has 0 aromatic heterocycles. The average molecular weight is 277 g/mol. The van der Waals surface area contributed by atoms with Gasteiger partial charge in [0.15, 0.2) is 0 Å². The highest BCUT2D eigenvalue weighted by Crippen LogP contribution is 2.29. The molecule has 1 N–H and O–H groups in total. The van der Waals surface area contributed by atoms with Crippen LogP contribution in [0.5, 0.6) is 0 Å². The molecule has 1 aromatic carbocycles. The van der Waals surface area contributed by atoms with Gasteiger partial charge in [0.1, 0.15) is 0 Å². The Kier molecular flexibility index (Phi) is 5.24. The standard InChI is InChI=1S/C16H21ClN2/c1-12(10-18)14-4-8-16(9-5-14)19-11-13-2-6-15(17)7-3-13/h2-3,6-7,12,14,16,19H,4-5,8-9,11H2,1H3/t12?,14-,16-. The van der Waals surface area contributed by atoms with Gasteiger partial charge in [-0.15, -0.1) is 0 Å². The molecule has 102 valence electrons. The zero-order chi connectivity index (χ0) is 13.7. The molecule has 1 aromatic rings. The first kappa shape index (κ1) is 14.4. The SMILES string of the molecule is CC(C#N)[C@H]1CC[C@H](NCc2ccc(Cl)cc2)CC1. The van der Waals surface area contributed by atoms with Gasteiger partial charge in [0.2, 0.25) is 0 Å². The molecule has 0 radical (unpaired) electrons. The fraction of sp³-hybridized carbons (Fsp3) is 0.562. The largest absolute Gasteiger partial charge is 0.310 e. The van der Waals surface area contributed by atoms with Crippen LogP contribution in [0.4, 0.5) is 0 Å². The highest BCUT2D eigenvalue weighted by Gasteiger charge is 2.24. The Labute approximate surface area is 120 Å². The van der Waals surface area contributed by atoms with E-state index in [4.69, 9.17) is 16.9 Å². The third kappa shape index (κ3) is 4.23. The van der Waals surface area contributed by atoms with E-state index in [0.717, 1.165) is 11.6 Å². The van der Waals surface area contributed by atoms with E-state index in [1.165, 1.54) is 31.2 Å². The second-order valence-corrected chi connectivity index (χ2v) is 5.97. The number of halogens is 1. The lowest BCUT2D eigenvalue weighted by molar-refractivity contribution is 0.255. The molecule has 2 rings (SSSR count). The predicted molar refractivity (Wildman–Crippen MR) is 78.8 cm³/mol. The third-order valence-corrected chi connectivity index (χ3v) is 4.44. The Bertz CT molecular complexity index is 427. The monoisotopic (exact) mass is 276 g/mol. The maximum absolute atomic E-state index is 8.95. The van der Waals surface area contributed by atoms with Crippen LogP contribution in [0.3, 0.4) is 0 Å². The molecule has 1 fully saturated rings. The smallest absolute Gasteiger partial charge is 0.0655 e. The molecular weight excluding hydrogens is 256 g/mol. The van der Waals surface area contributed by atoms with Crippen LogP contribution in [0.1, 0.15) is 38.2 Å². The van der Waals surface area contributed by atoms with Crippen LogP contribution < -0.4 is 5.32 Å². The van der Waals surface area contributed by atoms with Crippen LogP contribution >= 0.6 is 11.6 Å². The summed E-state index contributed by atoms with van der Waals surface area (Å²) in [7, 11) is 0.